The molecule has 0 aliphatic carbocycles. The van der Waals surface area contributed by atoms with E-state index in [1.165, 1.54) is 0 Å². The summed E-state index contributed by atoms with van der Waals surface area (Å²) in [6, 6.07) is 1.79. The van der Waals surface area contributed by atoms with Gasteiger partial charge in [0, 0.05) is 17.8 Å². The van der Waals surface area contributed by atoms with Crippen LogP contribution in [0.5, 0.6) is 5.88 Å². The zero-order chi connectivity index (χ0) is 12.7. The second-order valence-corrected chi connectivity index (χ2v) is 4.46. The molecular weight excluding hydrogens is 214 g/mol. The van der Waals surface area contributed by atoms with Gasteiger partial charge >= 0.3 is 0 Å². The Bertz CT molecular complexity index is 337. The Morgan fingerprint density at radius 3 is 2.59 bits per heavy atom. The van der Waals surface area contributed by atoms with Crippen LogP contribution in [0.3, 0.4) is 0 Å². The molecule has 0 atom stereocenters. The van der Waals surface area contributed by atoms with Gasteiger partial charge in [0.05, 0.1) is 6.61 Å². The lowest BCUT2D eigenvalue weighted by molar-refractivity contribution is 0.305. The fourth-order valence-electron chi connectivity index (χ4n) is 1.39. The zero-order valence-corrected chi connectivity index (χ0v) is 11.3. The first kappa shape index (κ1) is 13.7. The molecule has 17 heavy (non-hydrogen) atoms. The van der Waals surface area contributed by atoms with E-state index in [-0.39, 0.29) is 5.54 Å². The van der Waals surface area contributed by atoms with Crippen LogP contribution < -0.4 is 10.1 Å². The Morgan fingerprint density at radius 1 is 1.29 bits per heavy atom. The van der Waals surface area contributed by atoms with E-state index in [9.17, 15) is 0 Å². The Kier molecular flexibility index (Phi) is 5.19. The second kappa shape index (κ2) is 6.42. The quantitative estimate of drug-likeness (QED) is 0.790. The Balaban J connectivity index is 2.71. The molecule has 4 nitrogen and oxygen atoms in total. The fourth-order valence-corrected chi connectivity index (χ4v) is 1.39. The van der Waals surface area contributed by atoms with Gasteiger partial charge in [-0.15, -0.1) is 0 Å². The Labute approximate surface area is 104 Å². The van der Waals surface area contributed by atoms with E-state index in [1.807, 2.05) is 0 Å². The Hall–Kier alpha value is -1.32. The molecule has 0 aliphatic heterocycles. The predicted octanol–water partition coefficient (Wildman–Crippen LogP) is 3.26. The van der Waals surface area contributed by atoms with Gasteiger partial charge < -0.3 is 10.1 Å². The molecule has 0 unspecified atom stereocenters. The number of nitrogens with one attached hydrogen (secondary N) is 1. The summed E-state index contributed by atoms with van der Waals surface area (Å²) in [5, 5.41) is 3.37. The van der Waals surface area contributed by atoms with Crippen LogP contribution in [-0.4, -0.2) is 22.1 Å². The lowest BCUT2D eigenvalue weighted by Crippen LogP contribution is -2.33. The summed E-state index contributed by atoms with van der Waals surface area (Å²) >= 11 is 0. The second-order valence-electron chi connectivity index (χ2n) is 4.46. The SMILES string of the molecule is CCCOc1ccnc(NC(C)(CC)CC)n1. The van der Waals surface area contributed by atoms with Crippen LogP contribution in [0.15, 0.2) is 12.3 Å². The molecule has 0 aromatic carbocycles. The number of hydrogen-bond acceptors (Lipinski definition) is 4. The van der Waals surface area contributed by atoms with Gasteiger partial charge in [-0.05, 0) is 26.2 Å². The lowest BCUT2D eigenvalue weighted by Gasteiger charge is -2.28. The minimum atomic E-state index is 0.0450. The van der Waals surface area contributed by atoms with Gasteiger partial charge in [0.2, 0.25) is 11.8 Å². The summed E-state index contributed by atoms with van der Waals surface area (Å²) in [7, 11) is 0. The summed E-state index contributed by atoms with van der Waals surface area (Å²) < 4.78 is 5.49. The standard InChI is InChI=1S/C13H23N3O/c1-5-10-17-11-8-9-14-12(15-11)16-13(4,6-2)7-3/h8-9H,5-7,10H2,1-4H3,(H,14,15,16). The van der Waals surface area contributed by atoms with Crippen molar-refractivity contribution in [1.29, 1.82) is 0 Å². The van der Waals surface area contributed by atoms with Crippen molar-refractivity contribution in [3.05, 3.63) is 12.3 Å². The maximum atomic E-state index is 5.49. The molecule has 1 aromatic heterocycles. The summed E-state index contributed by atoms with van der Waals surface area (Å²) in [6.45, 7) is 9.26. The normalized spacial score (nSPS) is 11.3. The third-order valence-corrected chi connectivity index (χ3v) is 3.06. The van der Waals surface area contributed by atoms with Crippen molar-refractivity contribution >= 4 is 5.95 Å². The van der Waals surface area contributed by atoms with E-state index in [0.717, 1.165) is 19.3 Å². The largest absolute Gasteiger partial charge is 0.478 e. The summed E-state index contributed by atoms with van der Waals surface area (Å²) in [4.78, 5) is 8.57. The van der Waals surface area contributed by atoms with E-state index in [0.29, 0.717) is 18.4 Å². The van der Waals surface area contributed by atoms with Crippen molar-refractivity contribution in [3.63, 3.8) is 0 Å². The molecule has 0 spiro atoms. The van der Waals surface area contributed by atoms with Crippen LogP contribution in [-0.2, 0) is 0 Å². The Morgan fingerprint density at radius 2 is 2.00 bits per heavy atom. The minimum Gasteiger partial charge on any atom is -0.478 e. The molecule has 0 aliphatic rings. The molecule has 1 N–H and O–H groups in total. The maximum Gasteiger partial charge on any atom is 0.226 e. The van der Waals surface area contributed by atoms with Gasteiger partial charge in [-0.25, -0.2) is 4.98 Å². The zero-order valence-electron chi connectivity index (χ0n) is 11.3. The van der Waals surface area contributed by atoms with Crippen molar-refractivity contribution in [2.75, 3.05) is 11.9 Å². The maximum absolute atomic E-state index is 5.49. The molecule has 1 aromatic rings. The summed E-state index contributed by atoms with van der Waals surface area (Å²) in [6.07, 6.45) is 4.78. The third kappa shape index (κ3) is 4.21. The molecular formula is C13H23N3O. The van der Waals surface area contributed by atoms with Crippen molar-refractivity contribution in [3.8, 4) is 5.88 Å². The molecule has 0 amide bonds. The molecule has 1 rings (SSSR count). The molecule has 4 heteroatoms. The summed E-state index contributed by atoms with van der Waals surface area (Å²) in [5.74, 6) is 1.28. The number of anilines is 1. The van der Waals surface area contributed by atoms with E-state index >= 15 is 0 Å². The smallest absolute Gasteiger partial charge is 0.226 e. The minimum absolute atomic E-state index is 0.0450. The topological polar surface area (TPSA) is 47.0 Å². The first-order valence-electron chi connectivity index (χ1n) is 6.37. The van der Waals surface area contributed by atoms with Crippen LogP contribution in [0.2, 0.25) is 0 Å². The fraction of sp³-hybridized carbons (Fsp3) is 0.692. The third-order valence-electron chi connectivity index (χ3n) is 3.06. The first-order chi connectivity index (χ1) is 8.13. The van der Waals surface area contributed by atoms with Crippen LogP contribution in [0.1, 0.15) is 47.0 Å². The van der Waals surface area contributed by atoms with Gasteiger partial charge in [0.25, 0.3) is 0 Å². The van der Waals surface area contributed by atoms with Crippen LogP contribution >= 0.6 is 0 Å². The van der Waals surface area contributed by atoms with E-state index in [2.05, 4.69) is 43.0 Å². The number of aromatic nitrogens is 2. The average Bonchev–Trinajstić information content (AvgIpc) is 2.36. The molecule has 0 saturated carbocycles. The van der Waals surface area contributed by atoms with E-state index in [1.54, 1.807) is 12.3 Å². The van der Waals surface area contributed by atoms with Crippen molar-refractivity contribution in [2.24, 2.45) is 0 Å². The monoisotopic (exact) mass is 237 g/mol. The molecule has 1 heterocycles. The highest BCUT2D eigenvalue weighted by Gasteiger charge is 2.20. The van der Waals surface area contributed by atoms with E-state index < -0.39 is 0 Å². The van der Waals surface area contributed by atoms with Crippen molar-refractivity contribution in [2.45, 2.75) is 52.5 Å². The summed E-state index contributed by atoms with van der Waals surface area (Å²) in [5.41, 5.74) is 0.0450. The highest BCUT2D eigenvalue weighted by Crippen LogP contribution is 2.20. The van der Waals surface area contributed by atoms with Gasteiger partial charge in [-0.2, -0.15) is 4.98 Å². The average molecular weight is 237 g/mol. The number of ether oxygens (including phenoxy) is 1. The lowest BCUT2D eigenvalue weighted by atomic mass is 9.96. The van der Waals surface area contributed by atoms with Gasteiger partial charge in [-0.3, -0.25) is 0 Å². The highest BCUT2D eigenvalue weighted by atomic mass is 16.5. The predicted molar refractivity (Wildman–Crippen MR) is 70.4 cm³/mol. The molecule has 96 valence electrons. The van der Waals surface area contributed by atoms with Gasteiger partial charge in [-0.1, -0.05) is 20.8 Å². The number of hydrogen-bond donors (Lipinski definition) is 1. The molecule has 0 saturated heterocycles. The molecule has 0 fully saturated rings. The molecule has 0 bridgehead atoms. The van der Waals surface area contributed by atoms with Crippen molar-refractivity contribution in [1.82, 2.24) is 9.97 Å². The van der Waals surface area contributed by atoms with Crippen LogP contribution in [0.25, 0.3) is 0 Å². The van der Waals surface area contributed by atoms with Crippen LogP contribution in [0.4, 0.5) is 5.95 Å². The van der Waals surface area contributed by atoms with Gasteiger partial charge in [0.15, 0.2) is 0 Å². The first-order valence-corrected chi connectivity index (χ1v) is 6.37. The molecule has 0 radical (unpaired) electrons. The van der Waals surface area contributed by atoms with E-state index in [4.69, 9.17) is 4.74 Å². The number of nitrogens with zero attached hydrogens (tertiary/aromatic N) is 2. The van der Waals surface area contributed by atoms with Gasteiger partial charge in [0.1, 0.15) is 0 Å². The number of rotatable bonds is 7. The highest BCUT2D eigenvalue weighted by molar-refractivity contribution is 5.31. The van der Waals surface area contributed by atoms with Crippen LogP contribution in [0, 0.1) is 0 Å². The van der Waals surface area contributed by atoms with Crippen molar-refractivity contribution < 1.29 is 4.74 Å².